The van der Waals surface area contributed by atoms with Gasteiger partial charge in [0.2, 0.25) is 0 Å². The van der Waals surface area contributed by atoms with E-state index in [-0.39, 0.29) is 37.2 Å². The zero-order chi connectivity index (χ0) is 16.8. The topological polar surface area (TPSA) is 93.1 Å². The summed E-state index contributed by atoms with van der Waals surface area (Å²) in [6, 6.07) is 0. The molecular formula is C16H28O6. The largest absolute Gasteiger partial charge is 0.478 e. The summed E-state index contributed by atoms with van der Waals surface area (Å²) in [5, 5.41) is 18.4. The molecule has 0 aromatic rings. The summed E-state index contributed by atoms with van der Waals surface area (Å²) in [4.78, 5) is 22.6. The molecule has 0 bridgehead atoms. The van der Waals surface area contributed by atoms with Crippen LogP contribution in [0, 0.1) is 0 Å². The molecule has 0 aliphatic rings. The second-order valence-corrected chi connectivity index (χ2v) is 5.00. The van der Waals surface area contributed by atoms with Gasteiger partial charge >= 0.3 is 11.9 Å². The van der Waals surface area contributed by atoms with E-state index in [1.807, 2.05) is 13.8 Å². The number of hydrogen-bond donors (Lipinski definition) is 2. The lowest BCUT2D eigenvalue weighted by Crippen LogP contribution is -2.15. The minimum absolute atomic E-state index is 0.0929. The van der Waals surface area contributed by atoms with Crippen LogP contribution in [0.2, 0.25) is 0 Å². The Labute approximate surface area is 132 Å². The van der Waals surface area contributed by atoms with Crippen molar-refractivity contribution in [1.82, 2.24) is 0 Å². The predicted octanol–water partition coefficient (Wildman–Crippen LogP) is 2.87. The van der Waals surface area contributed by atoms with Crippen molar-refractivity contribution in [3.8, 4) is 0 Å². The highest BCUT2D eigenvalue weighted by Gasteiger charge is 2.19. The Morgan fingerprint density at radius 3 is 1.36 bits per heavy atom. The smallest absolute Gasteiger partial charge is 0.332 e. The predicted molar refractivity (Wildman–Crippen MR) is 83.0 cm³/mol. The molecule has 2 N–H and O–H groups in total. The zero-order valence-electron chi connectivity index (χ0n) is 13.6. The van der Waals surface area contributed by atoms with Crippen LogP contribution in [0.15, 0.2) is 11.1 Å². The van der Waals surface area contributed by atoms with Crippen molar-refractivity contribution < 1.29 is 29.3 Å². The van der Waals surface area contributed by atoms with E-state index in [9.17, 15) is 19.8 Å². The van der Waals surface area contributed by atoms with E-state index in [0.29, 0.717) is 13.2 Å². The van der Waals surface area contributed by atoms with Crippen molar-refractivity contribution in [1.29, 1.82) is 0 Å². The van der Waals surface area contributed by atoms with Crippen molar-refractivity contribution in [2.45, 2.75) is 52.4 Å². The van der Waals surface area contributed by atoms with Crippen molar-refractivity contribution in [3.05, 3.63) is 11.1 Å². The molecule has 128 valence electrons. The van der Waals surface area contributed by atoms with Gasteiger partial charge in [0.15, 0.2) is 0 Å². The van der Waals surface area contributed by atoms with Crippen molar-refractivity contribution in [3.63, 3.8) is 0 Å². The molecule has 0 radical (unpaired) electrons. The van der Waals surface area contributed by atoms with Gasteiger partial charge in [-0.15, -0.1) is 0 Å². The van der Waals surface area contributed by atoms with E-state index in [0.717, 1.165) is 25.7 Å². The van der Waals surface area contributed by atoms with Crippen LogP contribution in [0.1, 0.15) is 52.4 Å². The highest BCUT2D eigenvalue weighted by Crippen LogP contribution is 2.15. The number of carboxylic acids is 2. The fourth-order valence-corrected chi connectivity index (χ4v) is 1.82. The summed E-state index contributed by atoms with van der Waals surface area (Å²) in [5.74, 6) is -2.41. The number of hydrogen-bond acceptors (Lipinski definition) is 4. The second kappa shape index (κ2) is 13.3. The monoisotopic (exact) mass is 316 g/mol. The van der Waals surface area contributed by atoms with Crippen LogP contribution in [-0.4, -0.2) is 48.6 Å². The van der Waals surface area contributed by atoms with Crippen molar-refractivity contribution in [2.24, 2.45) is 0 Å². The lowest BCUT2D eigenvalue weighted by molar-refractivity contribution is -0.136. The number of aliphatic carboxylic acids is 2. The molecule has 0 fully saturated rings. The lowest BCUT2D eigenvalue weighted by Gasteiger charge is -2.10. The molecule has 0 heterocycles. The Morgan fingerprint density at radius 2 is 1.09 bits per heavy atom. The molecule has 6 heteroatoms. The maximum atomic E-state index is 11.3. The molecule has 6 nitrogen and oxygen atoms in total. The van der Waals surface area contributed by atoms with Crippen LogP contribution in [0.5, 0.6) is 0 Å². The van der Waals surface area contributed by atoms with Gasteiger partial charge in [-0.2, -0.15) is 0 Å². The molecule has 0 spiro atoms. The minimum atomic E-state index is -1.20. The van der Waals surface area contributed by atoms with Crippen LogP contribution >= 0.6 is 0 Å². The standard InChI is InChI=1S/C16H28O6/c1-3-5-9-21-11-7-13(15(17)18)14(16(19)20)8-12-22-10-6-4-2/h3-12H2,1-2H3,(H,17,18)(H,19,20)/b14-13-. The average Bonchev–Trinajstić information content (AvgIpc) is 2.47. The van der Waals surface area contributed by atoms with Crippen LogP contribution in [0.25, 0.3) is 0 Å². The van der Waals surface area contributed by atoms with E-state index in [1.54, 1.807) is 0 Å². The van der Waals surface area contributed by atoms with Gasteiger partial charge in [-0.25, -0.2) is 9.59 Å². The first-order valence-corrected chi connectivity index (χ1v) is 7.88. The summed E-state index contributed by atoms with van der Waals surface area (Å²) in [6.07, 6.45) is 3.99. The Kier molecular flexibility index (Phi) is 12.4. The Hall–Kier alpha value is -1.40. The third-order valence-corrected chi connectivity index (χ3v) is 3.16. The molecule has 0 amide bonds. The fourth-order valence-electron chi connectivity index (χ4n) is 1.82. The summed E-state index contributed by atoms with van der Waals surface area (Å²) in [5.41, 5.74) is -0.189. The number of unbranched alkanes of at least 4 members (excludes halogenated alkanes) is 2. The van der Waals surface area contributed by atoms with Gasteiger partial charge in [0.05, 0.1) is 13.2 Å². The number of rotatable bonds is 14. The minimum Gasteiger partial charge on any atom is -0.478 e. The molecule has 22 heavy (non-hydrogen) atoms. The van der Waals surface area contributed by atoms with Crippen LogP contribution in [0.3, 0.4) is 0 Å². The Morgan fingerprint density at radius 1 is 0.727 bits per heavy atom. The molecule has 0 unspecified atom stereocenters. The Balaban J connectivity index is 4.55. The second-order valence-electron chi connectivity index (χ2n) is 5.00. The Bertz CT molecular complexity index is 328. The first-order chi connectivity index (χ1) is 10.5. The van der Waals surface area contributed by atoms with E-state index < -0.39 is 11.9 Å². The van der Waals surface area contributed by atoms with Crippen LogP contribution < -0.4 is 0 Å². The third kappa shape index (κ3) is 9.52. The summed E-state index contributed by atoms with van der Waals surface area (Å²) in [7, 11) is 0. The summed E-state index contributed by atoms with van der Waals surface area (Å²) >= 11 is 0. The van der Waals surface area contributed by atoms with Crippen LogP contribution in [-0.2, 0) is 19.1 Å². The molecule has 0 atom stereocenters. The highest BCUT2D eigenvalue weighted by atomic mass is 16.5. The van der Waals surface area contributed by atoms with Gasteiger partial charge in [0.1, 0.15) is 0 Å². The van der Waals surface area contributed by atoms with Crippen molar-refractivity contribution in [2.75, 3.05) is 26.4 Å². The zero-order valence-corrected chi connectivity index (χ0v) is 13.6. The summed E-state index contributed by atoms with van der Waals surface area (Å²) < 4.78 is 10.6. The van der Waals surface area contributed by atoms with Crippen LogP contribution in [0.4, 0.5) is 0 Å². The molecule has 0 rings (SSSR count). The summed E-state index contributed by atoms with van der Waals surface area (Å²) in [6.45, 7) is 5.63. The normalized spacial score (nSPS) is 12.1. The molecule has 0 aromatic heterocycles. The average molecular weight is 316 g/mol. The molecule has 0 aliphatic carbocycles. The first-order valence-electron chi connectivity index (χ1n) is 7.88. The van der Waals surface area contributed by atoms with Gasteiger partial charge in [0, 0.05) is 37.2 Å². The molecular weight excluding hydrogens is 288 g/mol. The van der Waals surface area contributed by atoms with E-state index in [2.05, 4.69) is 0 Å². The van der Waals surface area contributed by atoms with E-state index in [4.69, 9.17) is 9.47 Å². The van der Waals surface area contributed by atoms with Gasteiger partial charge < -0.3 is 19.7 Å². The fraction of sp³-hybridized carbons (Fsp3) is 0.750. The van der Waals surface area contributed by atoms with E-state index >= 15 is 0 Å². The SMILES string of the molecule is CCCCOCC/C(C(=O)O)=C(\CCOCCCC)C(=O)O. The molecule has 0 aromatic carbocycles. The molecule has 0 aliphatic heterocycles. The third-order valence-electron chi connectivity index (χ3n) is 3.16. The lowest BCUT2D eigenvalue weighted by atomic mass is 10.0. The van der Waals surface area contributed by atoms with Crippen molar-refractivity contribution >= 4 is 11.9 Å². The maximum absolute atomic E-state index is 11.3. The van der Waals surface area contributed by atoms with Gasteiger partial charge in [0.25, 0.3) is 0 Å². The number of carboxylic acid groups (broad SMARTS) is 2. The van der Waals surface area contributed by atoms with Gasteiger partial charge in [-0.05, 0) is 12.8 Å². The van der Waals surface area contributed by atoms with Gasteiger partial charge in [-0.3, -0.25) is 0 Å². The number of ether oxygens (including phenoxy) is 2. The molecule has 0 saturated heterocycles. The van der Waals surface area contributed by atoms with Gasteiger partial charge in [-0.1, -0.05) is 26.7 Å². The maximum Gasteiger partial charge on any atom is 0.332 e. The first kappa shape index (κ1) is 20.6. The quantitative estimate of drug-likeness (QED) is 0.378. The highest BCUT2D eigenvalue weighted by molar-refractivity contribution is 5.98. The number of carbonyl (C=O) groups is 2. The van der Waals surface area contributed by atoms with E-state index in [1.165, 1.54) is 0 Å². The molecule has 0 saturated carbocycles.